The Morgan fingerprint density at radius 3 is 2.59 bits per heavy atom. The van der Waals surface area contributed by atoms with E-state index in [0.717, 1.165) is 28.2 Å². The zero-order valence-corrected chi connectivity index (χ0v) is 18.3. The van der Waals surface area contributed by atoms with Gasteiger partial charge >= 0.3 is 0 Å². The van der Waals surface area contributed by atoms with E-state index in [-0.39, 0.29) is 11.7 Å². The maximum Gasteiger partial charge on any atom is 0.255 e. The van der Waals surface area contributed by atoms with Crippen molar-refractivity contribution in [2.45, 2.75) is 17.9 Å². The van der Waals surface area contributed by atoms with Crippen LogP contribution in [0.4, 0.5) is 4.39 Å². The lowest BCUT2D eigenvalue weighted by atomic mass is 10.1. The molecule has 0 fully saturated rings. The molecule has 1 amide bonds. The van der Waals surface area contributed by atoms with Crippen LogP contribution in [0.25, 0.3) is 11.3 Å². The smallest absolute Gasteiger partial charge is 0.255 e. The molecule has 2 heterocycles. The molecule has 7 heteroatoms. The number of aromatic nitrogens is 3. The molecule has 2 aromatic heterocycles. The summed E-state index contributed by atoms with van der Waals surface area (Å²) in [5.41, 5.74) is 3.06. The van der Waals surface area contributed by atoms with E-state index >= 15 is 0 Å². The number of hydrogen-bond donors (Lipinski definition) is 1. The number of nitrogens with one attached hydrogen (secondary N) is 1. The maximum atomic E-state index is 13.0. The molecule has 1 N–H and O–H groups in total. The number of nitrogens with zero attached hydrogens (tertiary/aromatic N) is 3. The lowest BCUT2D eigenvalue weighted by Crippen LogP contribution is -2.25. The molecule has 0 spiro atoms. The number of carbonyl (C=O) groups is 1. The fraction of sp³-hybridized carbons (Fsp3) is 0.160. The van der Waals surface area contributed by atoms with Crippen molar-refractivity contribution in [3.63, 3.8) is 0 Å². The van der Waals surface area contributed by atoms with Gasteiger partial charge in [0.25, 0.3) is 5.91 Å². The van der Waals surface area contributed by atoms with Crippen LogP contribution in [0.1, 0.15) is 22.3 Å². The van der Waals surface area contributed by atoms with Crippen LogP contribution in [0.15, 0.2) is 90.2 Å². The van der Waals surface area contributed by atoms with Crippen molar-refractivity contribution in [3.8, 4) is 11.3 Å². The summed E-state index contributed by atoms with van der Waals surface area (Å²) >= 11 is 1.64. The normalized spacial score (nSPS) is 10.8. The Morgan fingerprint density at radius 1 is 1.03 bits per heavy atom. The molecule has 0 unspecified atom stereocenters. The fourth-order valence-electron chi connectivity index (χ4n) is 3.25. The van der Waals surface area contributed by atoms with Crippen LogP contribution in [0.2, 0.25) is 0 Å². The average molecular weight is 447 g/mol. The maximum absolute atomic E-state index is 13.0. The molecule has 0 saturated carbocycles. The van der Waals surface area contributed by atoms with Gasteiger partial charge in [0.2, 0.25) is 0 Å². The molecular formula is C25H23FN4OS. The molecule has 0 bridgehead atoms. The minimum atomic E-state index is -0.237. The van der Waals surface area contributed by atoms with Gasteiger partial charge in [-0.2, -0.15) is 5.10 Å². The molecule has 0 atom stereocenters. The zero-order valence-electron chi connectivity index (χ0n) is 17.4. The molecule has 0 aliphatic carbocycles. The Bertz CT molecular complexity index is 1150. The Kier molecular flexibility index (Phi) is 7.30. The third kappa shape index (κ3) is 5.82. The lowest BCUT2D eigenvalue weighted by molar-refractivity contribution is 0.0954. The Morgan fingerprint density at radius 2 is 1.84 bits per heavy atom. The summed E-state index contributed by atoms with van der Waals surface area (Å²) in [5.74, 6) is 0.433. The Labute approximate surface area is 190 Å². The summed E-state index contributed by atoms with van der Waals surface area (Å²) in [4.78, 5) is 18.1. The minimum Gasteiger partial charge on any atom is -0.352 e. The molecule has 162 valence electrons. The monoisotopic (exact) mass is 446 g/mol. The fourth-order valence-corrected chi connectivity index (χ4v) is 4.10. The van der Waals surface area contributed by atoms with Gasteiger partial charge in [-0.1, -0.05) is 30.3 Å². The molecule has 2 aromatic carbocycles. The van der Waals surface area contributed by atoms with Crippen molar-refractivity contribution in [1.29, 1.82) is 0 Å². The first-order valence-corrected chi connectivity index (χ1v) is 11.4. The molecule has 4 aromatic rings. The van der Waals surface area contributed by atoms with E-state index in [1.807, 2.05) is 42.5 Å². The number of benzene rings is 2. The summed E-state index contributed by atoms with van der Waals surface area (Å²) in [5, 5.41) is 7.66. The van der Waals surface area contributed by atoms with Crippen LogP contribution in [0.3, 0.4) is 0 Å². The summed E-state index contributed by atoms with van der Waals surface area (Å²) in [6.07, 6.45) is 6.00. The topological polar surface area (TPSA) is 59.8 Å². The van der Waals surface area contributed by atoms with Gasteiger partial charge in [-0.15, -0.1) is 11.8 Å². The van der Waals surface area contributed by atoms with Crippen LogP contribution in [0, 0.1) is 5.82 Å². The minimum absolute atomic E-state index is 0.157. The van der Waals surface area contributed by atoms with E-state index in [9.17, 15) is 9.18 Å². The molecule has 32 heavy (non-hydrogen) atoms. The standard InChI is InChI=1S/C25H23FN4OS/c26-21-9-11-22(12-10-21)32-15-5-14-28-25(31)23-18-30(17-19-6-2-1-3-7-19)29-24(23)20-8-4-13-27-16-20/h1-4,6-13,16,18H,5,14-15,17H2,(H,28,31). The third-order valence-corrected chi connectivity index (χ3v) is 5.92. The number of hydrogen-bond acceptors (Lipinski definition) is 4. The quantitative estimate of drug-likeness (QED) is 0.289. The molecule has 0 radical (unpaired) electrons. The van der Waals surface area contributed by atoms with Crippen molar-refractivity contribution < 1.29 is 9.18 Å². The van der Waals surface area contributed by atoms with E-state index < -0.39 is 0 Å². The molecule has 4 rings (SSSR count). The second-order valence-electron chi connectivity index (χ2n) is 7.23. The van der Waals surface area contributed by atoms with Gasteiger partial charge in [-0.05, 0) is 54.1 Å². The molecular weight excluding hydrogens is 423 g/mol. The second-order valence-corrected chi connectivity index (χ2v) is 8.40. The van der Waals surface area contributed by atoms with Crippen molar-refractivity contribution in [1.82, 2.24) is 20.1 Å². The van der Waals surface area contributed by atoms with Crippen LogP contribution in [-0.2, 0) is 6.54 Å². The number of carbonyl (C=O) groups excluding carboxylic acids is 1. The van der Waals surface area contributed by atoms with Crippen LogP contribution >= 0.6 is 11.8 Å². The van der Waals surface area contributed by atoms with Crippen molar-refractivity contribution in [3.05, 3.63) is 102 Å². The number of pyridine rings is 1. The predicted molar refractivity (Wildman–Crippen MR) is 125 cm³/mol. The number of rotatable bonds is 9. The van der Waals surface area contributed by atoms with Gasteiger partial charge in [0.1, 0.15) is 11.5 Å². The van der Waals surface area contributed by atoms with Crippen molar-refractivity contribution in [2.24, 2.45) is 0 Å². The number of halogens is 1. The van der Waals surface area contributed by atoms with Gasteiger partial charge in [-0.25, -0.2) is 4.39 Å². The van der Waals surface area contributed by atoms with Gasteiger partial charge in [0, 0.05) is 35.6 Å². The SMILES string of the molecule is O=C(NCCCSc1ccc(F)cc1)c1cn(Cc2ccccc2)nc1-c1cccnc1. The first-order valence-electron chi connectivity index (χ1n) is 10.4. The summed E-state index contributed by atoms with van der Waals surface area (Å²) in [6.45, 7) is 1.12. The first kappa shape index (κ1) is 21.8. The highest BCUT2D eigenvalue weighted by Crippen LogP contribution is 2.22. The van der Waals surface area contributed by atoms with Crippen molar-refractivity contribution in [2.75, 3.05) is 12.3 Å². The van der Waals surface area contributed by atoms with E-state index in [0.29, 0.717) is 24.3 Å². The Hall–Kier alpha value is -3.45. The molecule has 0 saturated heterocycles. The molecule has 0 aliphatic rings. The van der Waals surface area contributed by atoms with Crippen LogP contribution in [-0.4, -0.2) is 33.0 Å². The highest BCUT2D eigenvalue weighted by molar-refractivity contribution is 7.99. The second kappa shape index (κ2) is 10.7. The first-order chi connectivity index (χ1) is 15.7. The molecule has 5 nitrogen and oxygen atoms in total. The molecule has 0 aliphatic heterocycles. The summed E-state index contributed by atoms with van der Waals surface area (Å²) in [6, 6.07) is 20.2. The largest absolute Gasteiger partial charge is 0.352 e. The van der Waals surface area contributed by atoms with Crippen LogP contribution < -0.4 is 5.32 Å². The van der Waals surface area contributed by atoms with Crippen LogP contribution in [0.5, 0.6) is 0 Å². The number of amides is 1. The van der Waals surface area contributed by atoms with E-state index in [2.05, 4.69) is 15.4 Å². The number of thioether (sulfide) groups is 1. The highest BCUT2D eigenvalue weighted by atomic mass is 32.2. The van der Waals surface area contributed by atoms with Crippen molar-refractivity contribution >= 4 is 17.7 Å². The zero-order chi connectivity index (χ0) is 22.2. The Balaban J connectivity index is 1.40. The van der Waals surface area contributed by atoms with Gasteiger partial charge < -0.3 is 5.32 Å². The lowest BCUT2D eigenvalue weighted by Gasteiger charge is -2.06. The van der Waals surface area contributed by atoms with Gasteiger partial charge in [-0.3, -0.25) is 14.5 Å². The van der Waals surface area contributed by atoms with Gasteiger partial charge in [0.05, 0.1) is 12.1 Å². The predicted octanol–water partition coefficient (Wildman–Crippen LogP) is 5.04. The summed E-state index contributed by atoms with van der Waals surface area (Å²) < 4.78 is 14.8. The summed E-state index contributed by atoms with van der Waals surface area (Å²) in [7, 11) is 0. The highest BCUT2D eigenvalue weighted by Gasteiger charge is 2.18. The van der Waals surface area contributed by atoms with E-state index in [1.165, 1.54) is 12.1 Å². The average Bonchev–Trinajstić information content (AvgIpc) is 3.25. The van der Waals surface area contributed by atoms with E-state index in [4.69, 9.17) is 0 Å². The van der Waals surface area contributed by atoms with E-state index in [1.54, 1.807) is 47.2 Å². The third-order valence-electron chi connectivity index (χ3n) is 4.82. The van der Waals surface area contributed by atoms with Gasteiger partial charge in [0.15, 0.2) is 0 Å².